The van der Waals surface area contributed by atoms with E-state index in [2.05, 4.69) is 55.4 Å². The van der Waals surface area contributed by atoms with Crippen molar-refractivity contribution >= 4 is 8.07 Å². The van der Waals surface area contributed by atoms with Crippen LogP contribution in [0.25, 0.3) is 0 Å². The quantitative estimate of drug-likeness (QED) is 0.263. The third kappa shape index (κ3) is 6.29. The molecule has 6 aliphatic rings. The molecule has 8 unspecified atom stereocenters. The summed E-state index contributed by atoms with van der Waals surface area (Å²) in [5, 5.41) is 0. The summed E-state index contributed by atoms with van der Waals surface area (Å²) in [7, 11) is -1.32. The standard InChI is InChI=1S/C42H76Si/c1-9-43(10-2,39-27-25-35-33(13-11-15-37(35)39)29-17-21-31(22-18-29)41(3,4)5)40-28-26-36-34(14-12-16-38(36)40)30-19-23-32(24-20-30)42(6,7)8/h29-40H,9-28H2,1-8H3. The smallest absolute Gasteiger partial charge is 0.0598 e. The average molecular weight is 609 g/mol. The van der Waals surface area contributed by atoms with Gasteiger partial charge in [0.1, 0.15) is 0 Å². The Kier molecular flexibility index (Phi) is 10.0. The Morgan fingerprint density at radius 1 is 0.395 bits per heavy atom. The van der Waals surface area contributed by atoms with Crippen molar-refractivity contribution in [2.24, 2.45) is 70.0 Å². The molecule has 0 aliphatic heterocycles. The van der Waals surface area contributed by atoms with E-state index in [4.69, 9.17) is 0 Å². The van der Waals surface area contributed by atoms with Gasteiger partial charge >= 0.3 is 0 Å². The average Bonchev–Trinajstić information content (AvgIpc) is 3.63. The molecule has 0 aromatic heterocycles. The van der Waals surface area contributed by atoms with Crippen molar-refractivity contribution in [3.63, 3.8) is 0 Å². The highest BCUT2D eigenvalue weighted by Gasteiger charge is 2.59. The molecule has 1 heteroatoms. The van der Waals surface area contributed by atoms with E-state index in [-0.39, 0.29) is 0 Å². The molecule has 43 heavy (non-hydrogen) atoms. The molecule has 6 saturated carbocycles. The highest BCUT2D eigenvalue weighted by Crippen LogP contribution is 2.66. The van der Waals surface area contributed by atoms with Crippen LogP contribution in [-0.2, 0) is 0 Å². The maximum atomic E-state index is 2.72. The van der Waals surface area contributed by atoms with Gasteiger partial charge in [0.2, 0.25) is 0 Å². The lowest BCUT2D eigenvalue weighted by Crippen LogP contribution is -2.49. The maximum Gasteiger partial charge on any atom is 0.0598 e. The molecule has 0 aromatic rings. The molecule has 0 N–H and O–H groups in total. The summed E-state index contributed by atoms with van der Waals surface area (Å²) in [4.78, 5) is 0. The van der Waals surface area contributed by atoms with Crippen LogP contribution in [0.2, 0.25) is 23.2 Å². The zero-order chi connectivity index (χ0) is 30.6. The summed E-state index contributed by atoms with van der Waals surface area (Å²) in [5.41, 5.74) is 3.42. The molecule has 8 atom stereocenters. The van der Waals surface area contributed by atoms with Gasteiger partial charge in [-0.2, -0.15) is 0 Å². The van der Waals surface area contributed by atoms with Crippen LogP contribution in [0.4, 0.5) is 0 Å². The first-order chi connectivity index (χ1) is 20.5. The summed E-state index contributed by atoms with van der Waals surface area (Å²) in [6.07, 6.45) is 28.5. The van der Waals surface area contributed by atoms with Gasteiger partial charge in [0.15, 0.2) is 0 Å². The molecule has 6 aliphatic carbocycles. The minimum Gasteiger partial charge on any atom is -0.0678 e. The normalized spacial score (nSPS) is 44.7. The van der Waals surface area contributed by atoms with Gasteiger partial charge in [-0.25, -0.2) is 0 Å². The summed E-state index contributed by atoms with van der Waals surface area (Å²) >= 11 is 0. The third-order valence-electron chi connectivity index (χ3n) is 17.0. The molecule has 0 heterocycles. The predicted octanol–water partition coefficient (Wildman–Crippen LogP) is 13.6. The van der Waals surface area contributed by atoms with Crippen LogP contribution in [0, 0.1) is 70.0 Å². The fourth-order valence-electron chi connectivity index (χ4n) is 14.7. The van der Waals surface area contributed by atoms with Crippen LogP contribution in [0.3, 0.4) is 0 Å². The Morgan fingerprint density at radius 2 is 0.744 bits per heavy atom. The van der Waals surface area contributed by atoms with Crippen molar-refractivity contribution in [1.29, 1.82) is 0 Å². The molecule has 0 spiro atoms. The Morgan fingerprint density at radius 3 is 1.07 bits per heavy atom. The van der Waals surface area contributed by atoms with Crippen molar-refractivity contribution in [2.75, 3.05) is 0 Å². The molecule has 0 radical (unpaired) electrons. The van der Waals surface area contributed by atoms with E-state index in [1.165, 1.54) is 36.8 Å². The lowest BCUT2D eigenvalue weighted by atomic mass is 9.61. The largest absolute Gasteiger partial charge is 0.0678 e. The molecule has 0 saturated heterocycles. The van der Waals surface area contributed by atoms with Crippen LogP contribution in [0.1, 0.15) is 171 Å². The van der Waals surface area contributed by atoms with Crippen LogP contribution in [0.5, 0.6) is 0 Å². The summed E-state index contributed by atoms with van der Waals surface area (Å²) in [6.45, 7) is 20.5. The lowest BCUT2D eigenvalue weighted by molar-refractivity contribution is 0.0620. The fraction of sp³-hybridized carbons (Fsp3) is 1.00. The second-order valence-electron chi connectivity index (χ2n) is 20.1. The monoisotopic (exact) mass is 609 g/mol. The van der Waals surface area contributed by atoms with Gasteiger partial charge in [-0.1, -0.05) is 106 Å². The molecular weight excluding hydrogens is 533 g/mol. The molecule has 0 amide bonds. The Labute approximate surface area is 271 Å². The van der Waals surface area contributed by atoms with E-state index in [1.807, 2.05) is 0 Å². The number of rotatable bonds is 6. The highest BCUT2D eigenvalue weighted by atomic mass is 28.3. The van der Waals surface area contributed by atoms with Gasteiger partial charge < -0.3 is 0 Å². The van der Waals surface area contributed by atoms with E-state index in [0.29, 0.717) is 10.8 Å². The number of fused-ring (bicyclic) bond motifs is 2. The molecule has 0 aromatic carbocycles. The summed E-state index contributed by atoms with van der Waals surface area (Å²) < 4.78 is 0. The molecule has 0 nitrogen and oxygen atoms in total. The molecular formula is C42H76Si. The SMILES string of the molecule is CC[Si](CC)(C1CCC2C(C3CCC(C(C)(C)C)CC3)CCCC21)C1CCC2C(C3CCC(C(C)(C)C)CC3)CCCC21. The van der Waals surface area contributed by atoms with Crippen molar-refractivity contribution in [3.8, 4) is 0 Å². The molecule has 6 fully saturated rings. The summed E-state index contributed by atoms with van der Waals surface area (Å²) in [5.74, 6) is 10.8. The second-order valence-corrected chi connectivity index (χ2v) is 25.5. The minimum atomic E-state index is -1.32. The van der Waals surface area contributed by atoms with E-state index < -0.39 is 8.07 Å². The van der Waals surface area contributed by atoms with Crippen molar-refractivity contribution in [1.82, 2.24) is 0 Å². The zero-order valence-electron chi connectivity index (χ0n) is 30.6. The van der Waals surface area contributed by atoms with E-state index in [0.717, 1.165) is 59.2 Å². The van der Waals surface area contributed by atoms with Crippen LogP contribution in [0.15, 0.2) is 0 Å². The Balaban J connectivity index is 1.15. The molecule has 248 valence electrons. The topological polar surface area (TPSA) is 0 Å². The van der Waals surface area contributed by atoms with Crippen LogP contribution < -0.4 is 0 Å². The van der Waals surface area contributed by atoms with Gasteiger partial charge in [0.25, 0.3) is 0 Å². The van der Waals surface area contributed by atoms with Crippen molar-refractivity contribution in [2.45, 2.75) is 194 Å². The van der Waals surface area contributed by atoms with Crippen molar-refractivity contribution < 1.29 is 0 Å². The van der Waals surface area contributed by atoms with Gasteiger partial charge in [-0.05, 0) is 158 Å². The van der Waals surface area contributed by atoms with Gasteiger partial charge in [0, 0.05) is 0 Å². The number of hydrogen-bond acceptors (Lipinski definition) is 0. The highest BCUT2D eigenvalue weighted by molar-refractivity contribution is 6.82. The number of hydrogen-bond donors (Lipinski definition) is 0. The zero-order valence-corrected chi connectivity index (χ0v) is 31.6. The third-order valence-corrected chi connectivity index (χ3v) is 24.0. The first kappa shape index (κ1) is 33.1. The van der Waals surface area contributed by atoms with E-state index >= 15 is 0 Å². The predicted molar refractivity (Wildman–Crippen MR) is 191 cm³/mol. The Hall–Kier alpha value is 0.217. The first-order valence-electron chi connectivity index (χ1n) is 20.5. The van der Waals surface area contributed by atoms with Crippen LogP contribution in [-0.4, -0.2) is 8.07 Å². The van der Waals surface area contributed by atoms with Gasteiger partial charge in [-0.15, -0.1) is 0 Å². The van der Waals surface area contributed by atoms with Crippen LogP contribution >= 0.6 is 0 Å². The summed E-state index contributed by atoms with van der Waals surface area (Å²) in [6, 6.07) is 3.24. The first-order valence-corrected chi connectivity index (χ1v) is 23.0. The fourth-order valence-corrected chi connectivity index (χ4v) is 21.9. The Bertz CT molecular complexity index is 815. The molecule has 6 rings (SSSR count). The second kappa shape index (κ2) is 13.0. The maximum absolute atomic E-state index is 2.72. The van der Waals surface area contributed by atoms with Crippen molar-refractivity contribution in [3.05, 3.63) is 0 Å². The minimum absolute atomic E-state index is 0.523. The van der Waals surface area contributed by atoms with E-state index in [9.17, 15) is 0 Å². The lowest BCUT2D eigenvalue weighted by Gasteiger charge is -2.51. The van der Waals surface area contributed by atoms with Gasteiger partial charge in [0.05, 0.1) is 8.07 Å². The van der Waals surface area contributed by atoms with E-state index in [1.54, 1.807) is 102 Å². The van der Waals surface area contributed by atoms with Gasteiger partial charge in [-0.3, -0.25) is 0 Å². The molecule has 0 bridgehead atoms.